The predicted molar refractivity (Wildman–Crippen MR) is 156 cm³/mol. The van der Waals surface area contributed by atoms with Crippen molar-refractivity contribution in [3.05, 3.63) is 90.2 Å². The number of rotatable bonds is 8. The molecule has 3 aromatic carbocycles. The third-order valence-corrected chi connectivity index (χ3v) is 9.69. The quantitative estimate of drug-likeness (QED) is 0.311. The number of benzene rings is 2. The van der Waals surface area contributed by atoms with Crippen molar-refractivity contribution in [2.45, 2.75) is 51.1 Å². The van der Waals surface area contributed by atoms with Crippen LogP contribution < -0.4 is 21.1 Å². The van der Waals surface area contributed by atoms with Gasteiger partial charge in [-0.15, -0.1) is 10.2 Å². The van der Waals surface area contributed by atoms with Crippen LogP contribution in [-0.4, -0.2) is 48.1 Å². The molecule has 0 aliphatic carbocycles. The number of anilines is 3. The first-order valence-corrected chi connectivity index (χ1v) is 14.8. The van der Waals surface area contributed by atoms with Crippen LogP contribution in [0.2, 0.25) is 5.02 Å². The Morgan fingerprint density at radius 3 is 2.40 bits per heavy atom. The molecule has 1 atom stereocenters. The molecule has 4 aromatic rings. The van der Waals surface area contributed by atoms with Crippen LogP contribution in [0.1, 0.15) is 47.2 Å². The fourth-order valence-corrected chi connectivity index (χ4v) is 6.51. The van der Waals surface area contributed by atoms with Gasteiger partial charge in [0.15, 0.2) is 5.82 Å². The molecule has 0 bridgehead atoms. The van der Waals surface area contributed by atoms with Crippen molar-refractivity contribution in [2.24, 2.45) is 0 Å². The first-order valence-electron chi connectivity index (χ1n) is 12.9. The van der Waals surface area contributed by atoms with Gasteiger partial charge in [-0.25, -0.2) is 12.7 Å². The van der Waals surface area contributed by atoms with Gasteiger partial charge >= 0.3 is 0 Å². The summed E-state index contributed by atoms with van der Waals surface area (Å²) < 4.78 is 29.0. The van der Waals surface area contributed by atoms with Crippen molar-refractivity contribution in [3.8, 4) is 0 Å². The third-order valence-electron chi connectivity index (χ3n) is 7.48. The zero-order chi connectivity index (χ0) is 28.9. The van der Waals surface area contributed by atoms with Gasteiger partial charge in [-0.2, -0.15) is 0 Å². The summed E-state index contributed by atoms with van der Waals surface area (Å²) in [5.41, 5.74) is 2.10. The lowest BCUT2D eigenvalue weighted by molar-refractivity contribution is 0.520. The summed E-state index contributed by atoms with van der Waals surface area (Å²) in [5.74, 6) is 1.46. The van der Waals surface area contributed by atoms with Crippen LogP contribution in [0, 0.1) is 20.8 Å². The van der Waals surface area contributed by atoms with E-state index >= 15 is 0 Å². The molecule has 10 nitrogen and oxygen atoms in total. The van der Waals surface area contributed by atoms with E-state index in [4.69, 9.17) is 11.6 Å². The lowest BCUT2D eigenvalue weighted by Crippen LogP contribution is -2.42. The van der Waals surface area contributed by atoms with E-state index in [0.29, 0.717) is 35.1 Å². The second-order valence-electron chi connectivity index (χ2n) is 10.4. The standard InChI is InChI=1S/C28H31ClN6O4S/c1-16-13-17(2)23(40(38,39)33(4)5)14-21(16)30-24-25(27(37)26(24)36)34-12-6-7-22(34)28-32-31-18(3)35(28)15-19-8-10-20(29)11-9-19/h8-11,13-14,22,30H,6-7,12,15H2,1-5H3/t22-/m1/s1. The third kappa shape index (κ3) is 4.82. The number of nitrogens with one attached hydrogen (secondary N) is 1. The number of nitrogens with zero attached hydrogens (tertiary/aromatic N) is 5. The summed E-state index contributed by atoms with van der Waals surface area (Å²) in [6.45, 7) is 6.55. The molecule has 0 unspecified atom stereocenters. The van der Waals surface area contributed by atoms with Crippen molar-refractivity contribution in [1.29, 1.82) is 0 Å². The van der Waals surface area contributed by atoms with Gasteiger partial charge in [-0.05, 0) is 68.5 Å². The van der Waals surface area contributed by atoms with Crippen molar-refractivity contribution < 1.29 is 8.42 Å². The van der Waals surface area contributed by atoms with Crippen molar-refractivity contribution >= 4 is 38.7 Å². The van der Waals surface area contributed by atoms with E-state index in [0.717, 1.165) is 39.9 Å². The van der Waals surface area contributed by atoms with Crippen molar-refractivity contribution in [2.75, 3.05) is 30.9 Å². The van der Waals surface area contributed by atoms with E-state index < -0.39 is 20.9 Å². The van der Waals surface area contributed by atoms with Crippen LogP contribution in [0.3, 0.4) is 0 Å². The normalized spacial score (nSPS) is 15.9. The smallest absolute Gasteiger partial charge is 0.253 e. The molecule has 1 fully saturated rings. The van der Waals surface area contributed by atoms with Gasteiger partial charge < -0.3 is 14.8 Å². The minimum atomic E-state index is -3.71. The van der Waals surface area contributed by atoms with Gasteiger partial charge in [0.1, 0.15) is 17.2 Å². The first kappa shape index (κ1) is 28.0. The highest BCUT2D eigenvalue weighted by Gasteiger charge is 2.37. The van der Waals surface area contributed by atoms with Crippen LogP contribution in [0.15, 0.2) is 50.9 Å². The maximum Gasteiger partial charge on any atom is 0.253 e. The van der Waals surface area contributed by atoms with Crippen LogP contribution in [0.25, 0.3) is 0 Å². The first-order chi connectivity index (χ1) is 18.9. The van der Waals surface area contributed by atoms with E-state index in [-0.39, 0.29) is 16.6 Å². The molecule has 1 N–H and O–H groups in total. The Morgan fingerprint density at radius 1 is 1.02 bits per heavy atom. The van der Waals surface area contributed by atoms with E-state index in [1.807, 2.05) is 47.6 Å². The molecule has 5 rings (SSSR count). The molecule has 210 valence electrons. The lowest BCUT2D eigenvalue weighted by atomic mass is 10.1. The number of halogens is 1. The Labute approximate surface area is 238 Å². The molecule has 1 saturated heterocycles. The van der Waals surface area contributed by atoms with Gasteiger partial charge in [-0.1, -0.05) is 29.8 Å². The van der Waals surface area contributed by atoms with Crippen LogP contribution in [0.5, 0.6) is 0 Å². The molecule has 0 saturated carbocycles. The van der Waals surface area contributed by atoms with E-state index in [9.17, 15) is 18.0 Å². The highest BCUT2D eigenvalue weighted by molar-refractivity contribution is 7.89. The van der Waals surface area contributed by atoms with E-state index in [2.05, 4.69) is 15.5 Å². The topological polar surface area (TPSA) is 118 Å². The second kappa shape index (κ2) is 10.5. The molecule has 12 heteroatoms. The molecule has 40 heavy (non-hydrogen) atoms. The summed E-state index contributed by atoms with van der Waals surface area (Å²) in [6.07, 6.45) is 1.55. The molecule has 1 aromatic heterocycles. The molecular formula is C28H31ClN6O4S. The van der Waals surface area contributed by atoms with Crippen LogP contribution in [-0.2, 0) is 16.6 Å². The molecule has 0 amide bonds. The zero-order valence-electron chi connectivity index (χ0n) is 23.0. The molecule has 0 radical (unpaired) electrons. The maximum absolute atomic E-state index is 12.9. The Balaban J connectivity index is 1.50. The Morgan fingerprint density at radius 2 is 1.73 bits per heavy atom. The monoisotopic (exact) mass is 582 g/mol. The largest absolute Gasteiger partial charge is 0.356 e. The SMILES string of the molecule is Cc1cc(C)c(S(=O)(=O)N(C)C)cc1Nc1c(N2CCC[C@@H]2c2nnc(C)n2Cc2ccc(Cl)cc2)c(=O)c1=O. The molecule has 1 aliphatic rings. The Bertz CT molecular complexity index is 1770. The molecule has 0 spiro atoms. The summed E-state index contributed by atoms with van der Waals surface area (Å²) >= 11 is 6.05. The van der Waals surface area contributed by atoms with E-state index in [1.165, 1.54) is 20.2 Å². The summed E-state index contributed by atoms with van der Waals surface area (Å²) in [4.78, 5) is 27.8. The van der Waals surface area contributed by atoms with Gasteiger partial charge in [0, 0.05) is 31.4 Å². The molecular weight excluding hydrogens is 552 g/mol. The van der Waals surface area contributed by atoms with Gasteiger partial charge in [0.2, 0.25) is 10.0 Å². The summed E-state index contributed by atoms with van der Waals surface area (Å²) in [6, 6.07) is 10.6. The summed E-state index contributed by atoms with van der Waals surface area (Å²) in [7, 11) is -0.771. The molecule has 1 aliphatic heterocycles. The number of hydrogen-bond donors (Lipinski definition) is 1. The molecule has 2 heterocycles. The van der Waals surface area contributed by atoms with Gasteiger partial charge in [0.05, 0.1) is 17.5 Å². The zero-order valence-corrected chi connectivity index (χ0v) is 24.6. The predicted octanol–water partition coefficient (Wildman–Crippen LogP) is 3.84. The van der Waals surface area contributed by atoms with Crippen LogP contribution >= 0.6 is 11.6 Å². The number of sulfonamides is 1. The average Bonchev–Trinajstić information content (AvgIpc) is 3.52. The van der Waals surface area contributed by atoms with Crippen LogP contribution in [0.4, 0.5) is 17.1 Å². The fraction of sp³-hybridized carbons (Fsp3) is 0.357. The number of aryl methyl sites for hydroxylation is 3. The summed E-state index contributed by atoms with van der Waals surface area (Å²) in [5, 5.41) is 12.5. The minimum Gasteiger partial charge on any atom is -0.356 e. The van der Waals surface area contributed by atoms with Gasteiger partial charge in [0.25, 0.3) is 10.9 Å². The number of hydrogen-bond acceptors (Lipinski definition) is 8. The van der Waals surface area contributed by atoms with Gasteiger partial charge in [-0.3, -0.25) is 9.59 Å². The van der Waals surface area contributed by atoms with E-state index in [1.54, 1.807) is 13.0 Å². The fourth-order valence-electron chi connectivity index (χ4n) is 5.26. The lowest BCUT2D eigenvalue weighted by Gasteiger charge is -2.29. The average molecular weight is 583 g/mol. The highest BCUT2D eigenvalue weighted by Crippen LogP contribution is 2.39. The number of aromatic nitrogens is 3. The van der Waals surface area contributed by atoms with Crippen molar-refractivity contribution in [1.82, 2.24) is 19.1 Å². The Kier molecular flexibility index (Phi) is 7.32. The minimum absolute atomic E-state index is 0.135. The van der Waals surface area contributed by atoms with Crippen molar-refractivity contribution in [3.63, 3.8) is 0 Å². The maximum atomic E-state index is 12.9. The Hall–Kier alpha value is -3.54. The highest BCUT2D eigenvalue weighted by atomic mass is 35.5. The second-order valence-corrected chi connectivity index (χ2v) is 13.0.